The average Bonchev–Trinajstić information content (AvgIpc) is 1.38. The lowest BCUT2D eigenvalue weighted by Crippen LogP contribution is -2.10. The van der Waals surface area contributed by atoms with Crippen molar-refractivity contribution in [3.63, 3.8) is 0 Å². The molecule has 0 saturated heterocycles. The maximum absolute atomic E-state index is 7.74. The molecule has 0 aliphatic rings. The van der Waals surface area contributed by atoms with Gasteiger partial charge in [0.25, 0.3) is 0 Å². The highest BCUT2D eigenvalue weighted by Crippen LogP contribution is 1.66. The molecule has 3 heteroatoms. The topological polar surface area (TPSA) is 66.5 Å². The Bertz CT molecular complexity index is 21.6. The predicted octanol–water partition coefficient (Wildman–Crippen LogP) is -1.58. The van der Waals surface area contributed by atoms with Gasteiger partial charge < -0.3 is 15.9 Å². The van der Waals surface area contributed by atoms with Gasteiger partial charge in [-0.05, 0) is 0 Å². The number of rotatable bonds is 1. The van der Waals surface area contributed by atoms with Gasteiger partial charge >= 0.3 is 0 Å². The minimum atomic E-state index is -1.46. The van der Waals surface area contributed by atoms with E-state index in [-0.39, 0.29) is 0 Å². The molecule has 4 N–H and O–H groups in total. The molecule has 0 bridgehead atoms. The maximum Gasteiger partial charge on any atom is 0.168 e. The third kappa shape index (κ3) is 3.88. The lowest BCUT2D eigenvalue weighted by Gasteiger charge is -1.89. The summed E-state index contributed by atoms with van der Waals surface area (Å²) in [6.07, 6.45) is -1.46. The van der Waals surface area contributed by atoms with E-state index in [4.69, 9.17) is 10.2 Å². The van der Waals surface area contributed by atoms with E-state index in [2.05, 4.69) is 5.73 Å². The summed E-state index contributed by atoms with van der Waals surface area (Å²) in [5.41, 5.74) is 4.55. The molecular weight excluding hydrogens is 70.0 g/mol. The molecule has 0 aliphatic heterocycles. The van der Waals surface area contributed by atoms with Crippen LogP contribution in [0.5, 0.6) is 0 Å². The van der Waals surface area contributed by atoms with Crippen LogP contribution in [0.25, 0.3) is 0 Å². The van der Waals surface area contributed by atoms with Crippen molar-refractivity contribution < 1.29 is 10.2 Å². The molecule has 0 aliphatic carbocycles. The molecule has 0 atom stereocenters. The average molecular weight is 76.1 g/mol. The predicted molar refractivity (Wildman–Crippen MR) is 16.7 cm³/mol. The highest BCUT2D eigenvalue weighted by molar-refractivity contribution is 4.50. The first-order chi connectivity index (χ1) is 2.27. The van der Waals surface area contributed by atoms with Gasteiger partial charge in [0.2, 0.25) is 0 Å². The van der Waals surface area contributed by atoms with E-state index in [0.29, 0.717) is 0 Å². The van der Waals surface area contributed by atoms with Crippen molar-refractivity contribution in [2.45, 2.75) is 6.29 Å². The zero-order valence-electron chi connectivity index (χ0n) is 2.63. The molecule has 0 aromatic carbocycles. The van der Waals surface area contributed by atoms with Gasteiger partial charge in [0.15, 0.2) is 6.29 Å². The summed E-state index contributed by atoms with van der Waals surface area (Å²) in [4.78, 5) is 0. The van der Waals surface area contributed by atoms with Crippen molar-refractivity contribution in [2.75, 3.05) is 0 Å². The lowest BCUT2D eigenvalue weighted by atomic mass is 10.7. The Labute approximate surface area is 30.0 Å². The highest BCUT2D eigenvalue weighted by atomic mass is 16.5. The lowest BCUT2D eigenvalue weighted by molar-refractivity contribution is -0.0123. The Morgan fingerprint density at radius 2 is 1.80 bits per heavy atom. The molecule has 0 aromatic heterocycles. The highest BCUT2D eigenvalue weighted by Gasteiger charge is 1.84. The van der Waals surface area contributed by atoms with Crippen LogP contribution in [0.3, 0.4) is 0 Å². The van der Waals surface area contributed by atoms with Gasteiger partial charge in [-0.25, -0.2) is 0 Å². The fourth-order valence-corrected chi connectivity index (χ4v) is 0. The molecule has 0 heterocycles. The van der Waals surface area contributed by atoms with Crippen molar-refractivity contribution in [1.29, 1.82) is 0 Å². The maximum atomic E-state index is 7.74. The van der Waals surface area contributed by atoms with E-state index < -0.39 is 6.29 Å². The third-order valence-corrected chi connectivity index (χ3v) is 0.172. The molecule has 0 fully saturated rings. The molecular formula is C2H6NO2. The molecule has 1 radical (unpaired) electrons. The summed E-state index contributed by atoms with van der Waals surface area (Å²) < 4.78 is 0. The third-order valence-electron chi connectivity index (χ3n) is 0.172. The SMILES string of the molecule is N[CH]C(O)O. The second-order valence-electron chi connectivity index (χ2n) is 0.606. The quantitative estimate of drug-likeness (QED) is 0.330. The van der Waals surface area contributed by atoms with Gasteiger partial charge in [-0.2, -0.15) is 0 Å². The molecule has 3 nitrogen and oxygen atoms in total. The van der Waals surface area contributed by atoms with Crippen LogP contribution in [0, 0.1) is 6.54 Å². The number of hydrogen-bond acceptors (Lipinski definition) is 3. The van der Waals surface area contributed by atoms with Crippen LogP contribution in [-0.4, -0.2) is 16.5 Å². The van der Waals surface area contributed by atoms with Crippen LogP contribution < -0.4 is 5.73 Å². The van der Waals surface area contributed by atoms with Gasteiger partial charge in [-0.15, -0.1) is 0 Å². The molecule has 0 rings (SSSR count). The second kappa shape index (κ2) is 2.14. The Morgan fingerprint density at radius 3 is 1.80 bits per heavy atom. The number of aliphatic hydroxyl groups is 2. The van der Waals surface area contributed by atoms with E-state index >= 15 is 0 Å². The van der Waals surface area contributed by atoms with Gasteiger partial charge in [0.05, 0.1) is 6.54 Å². The summed E-state index contributed by atoms with van der Waals surface area (Å²) >= 11 is 0. The summed E-state index contributed by atoms with van der Waals surface area (Å²) in [7, 11) is 0. The van der Waals surface area contributed by atoms with Crippen LogP contribution in [0.4, 0.5) is 0 Å². The fourth-order valence-electron chi connectivity index (χ4n) is 0. The Hall–Kier alpha value is -0.120. The van der Waals surface area contributed by atoms with Gasteiger partial charge in [0, 0.05) is 0 Å². The molecule has 31 valence electrons. The Morgan fingerprint density at radius 1 is 1.60 bits per heavy atom. The number of nitrogens with two attached hydrogens (primary N) is 1. The fraction of sp³-hybridized carbons (Fsp3) is 0.500. The smallest absolute Gasteiger partial charge is 0.168 e. The normalized spacial score (nSPS) is 9.60. The summed E-state index contributed by atoms with van der Waals surface area (Å²) in [5, 5.41) is 15.5. The molecule has 5 heavy (non-hydrogen) atoms. The minimum Gasteiger partial charge on any atom is -0.367 e. The standard InChI is InChI=1S/C2H6NO2/c3-1-2(4)5/h1-2,4-5H,3H2. The monoisotopic (exact) mass is 76.0 g/mol. The van der Waals surface area contributed by atoms with Gasteiger partial charge in [-0.1, -0.05) is 0 Å². The molecule has 0 spiro atoms. The van der Waals surface area contributed by atoms with E-state index in [1.165, 1.54) is 0 Å². The van der Waals surface area contributed by atoms with Gasteiger partial charge in [0.1, 0.15) is 0 Å². The number of hydrogen-bond donors (Lipinski definition) is 3. The van der Waals surface area contributed by atoms with Crippen molar-refractivity contribution in [3.05, 3.63) is 6.54 Å². The van der Waals surface area contributed by atoms with E-state index in [9.17, 15) is 0 Å². The van der Waals surface area contributed by atoms with Crippen LogP contribution in [0.15, 0.2) is 0 Å². The van der Waals surface area contributed by atoms with E-state index in [1.54, 1.807) is 0 Å². The van der Waals surface area contributed by atoms with Crippen LogP contribution in [0.2, 0.25) is 0 Å². The summed E-state index contributed by atoms with van der Waals surface area (Å²) in [6, 6.07) is 0. The van der Waals surface area contributed by atoms with E-state index in [0.717, 1.165) is 6.54 Å². The summed E-state index contributed by atoms with van der Waals surface area (Å²) in [5.74, 6) is 0. The van der Waals surface area contributed by atoms with Crippen LogP contribution >= 0.6 is 0 Å². The molecule has 0 unspecified atom stereocenters. The molecule has 0 saturated carbocycles. The van der Waals surface area contributed by atoms with E-state index in [1.807, 2.05) is 0 Å². The largest absolute Gasteiger partial charge is 0.367 e. The first kappa shape index (κ1) is 4.88. The van der Waals surface area contributed by atoms with Crippen LogP contribution in [-0.2, 0) is 0 Å². The number of aliphatic hydroxyl groups excluding tert-OH is 1. The van der Waals surface area contributed by atoms with Gasteiger partial charge in [-0.3, -0.25) is 0 Å². The Kier molecular flexibility index (Phi) is 2.09. The minimum absolute atomic E-state index is 0.778. The zero-order valence-corrected chi connectivity index (χ0v) is 2.63. The molecule has 0 amide bonds. The Balaban J connectivity index is 2.54. The zero-order chi connectivity index (χ0) is 4.28. The summed E-state index contributed by atoms with van der Waals surface area (Å²) in [6.45, 7) is 0.778. The van der Waals surface area contributed by atoms with Crippen molar-refractivity contribution >= 4 is 0 Å². The van der Waals surface area contributed by atoms with Crippen molar-refractivity contribution in [3.8, 4) is 0 Å². The first-order valence-electron chi connectivity index (χ1n) is 1.18. The second-order valence-corrected chi connectivity index (χ2v) is 0.606. The first-order valence-corrected chi connectivity index (χ1v) is 1.18. The molecule has 0 aromatic rings. The van der Waals surface area contributed by atoms with Crippen molar-refractivity contribution in [1.82, 2.24) is 0 Å². The van der Waals surface area contributed by atoms with Crippen LogP contribution in [0.1, 0.15) is 0 Å². The van der Waals surface area contributed by atoms with Crippen molar-refractivity contribution in [2.24, 2.45) is 5.73 Å².